The van der Waals surface area contributed by atoms with Crippen LogP contribution in [0.15, 0.2) is 0 Å². The smallest absolute Gasteiger partial charge is 1.00 e. The minimum atomic E-state index is -1.82. The fraction of sp³-hybridized carbons (Fsp3) is 0. The maximum atomic E-state index is 9.10. The summed E-state index contributed by atoms with van der Waals surface area (Å²) in [5, 5.41) is 29.6. The van der Waals surface area contributed by atoms with Crippen molar-refractivity contribution in [3.8, 4) is 0 Å². The summed E-state index contributed by atoms with van der Waals surface area (Å²) in [7, 11) is 0. The zero-order chi connectivity index (χ0) is 10.3. The molecular formula is C4H12Ca2Na2O8Sr. The zero-order valence-electron chi connectivity index (χ0n) is 17.5. The third-order valence-corrected chi connectivity index (χ3v) is 0.366. The van der Waals surface area contributed by atoms with Crippen molar-refractivity contribution in [1.82, 2.24) is 0 Å². The summed E-state index contributed by atoms with van der Waals surface area (Å²) in [5.74, 6) is -7.30. The molecule has 0 aromatic carbocycles. The maximum Gasteiger partial charge on any atom is 2.00 e. The second kappa shape index (κ2) is 28.1. The van der Waals surface area contributed by atoms with Gasteiger partial charge in [-0.15, -0.1) is 0 Å². The van der Waals surface area contributed by atoms with E-state index >= 15 is 0 Å². The maximum absolute atomic E-state index is 9.10. The molecule has 0 radical (unpaired) electrons. The Morgan fingerprint density at radius 1 is 0.588 bits per heavy atom. The molecule has 0 spiro atoms. The van der Waals surface area contributed by atoms with Gasteiger partial charge in [0.2, 0.25) is 0 Å². The zero-order valence-corrected chi connectivity index (χ0v) is 21.4. The van der Waals surface area contributed by atoms with Gasteiger partial charge in [0.1, 0.15) is 0 Å². The Balaban J connectivity index is -0.00000000405. The Kier molecular flexibility index (Phi) is 70.8. The molecular weight excluding hydrogens is 390 g/mol. The first kappa shape index (κ1) is 42.8. The van der Waals surface area contributed by atoms with Crippen LogP contribution in [-0.4, -0.2) is 165 Å². The average molecular weight is 402 g/mol. The normalized spacial score (nSPS) is 5.18. The number of carbonyl (C=O) groups is 4. The van der Waals surface area contributed by atoms with Crippen LogP contribution in [0, 0.1) is 0 Å². The summed E-state index contributed by atoms with van der Waals surface area (Å²) in [6.07, 6.45) is 0. The molecule has 0 unspecified atom stereocenters. The van der Waals surface area contributed by atoms with Crippen LogP contribution in [0.1, 0.15) is 11.4 Å². The third-order valence-electron chi connectivity index (χ3n) is 0.366. The third kappa shape index (κ3) is 45.0. The van der Waals surface area contributed by atoms with E-state index in [9.17, 15) is 0 Å². The first-order valence-electron chi connectivity index (χ1n) is 2.21. The molecule has 4 N–H and O–H groups in total. The van der Waals surface area contributed by atoms with Crippen molar-refractivity contribution in [3.63, 3.8) is 0 Å². The van der Waals surface area contributed by atoms with E-state index in [1.165, 1.54) is 0 Å². The van der Waals surface area contributed by atoms with Crippen LogP contribution in [-0.2, 0) is 19.2 Å². The van der Waals surface area contributed by atoms with Gasteiger partial charge in [0.15, 0.2) is 0 Å². The molecule has 8 nitrogen and oxygen atoms in total. The van der Waals surface area contributed by atoms with E-state index in [0.717, 1.165) is 0 Å². The largest absolute Gasteiger partial charge is 2.00 e. The van der Waals surface area contributed by atoms with E-state index < -0.39 is 23.9 Å². The van der Waals surface area contributed by atoms with E-state index in [2.05, 4.69) is 0 Å². The quantitative estimate of drug-likeness (QED) is 0.231. The molecule has 0 saturated carbocycles. The molecule has 13 heteroatoms. The molecule has 0 amide bonds. The number of carboxylic acids is 4. The van der Waals surface area contributed by atoms with Gasteiger partial charge < -0.3 is 31.8 Å². The molecule has 0 heterocycles. The molecule has 0 aliphatic carbocycles. The Hall–Kier alpha value is 3.88. The minimum Gasteiger partial charge on any atom is -1.00 e. The molecule has 0 aromatic heterocycles. The van der Waals surface area contributed by atoms with Crippen LogP contribution in [0.5, 0.6) is 0 Å². The molecule has 84 valence electrons. The van der Waals surface area contributed by atoms with Crippen LogP contribution in [0.4, 0.5) is 0 Å². The van der Waals surface area contributed by atoms with Gasteiger partial charge in [-0.25, -0.2) is 19.2 Å². The molecule has 0 saturated heterocycles. The van der Waals surface area contributed by atoms with Crippen molar-refractivity contribution in [1.29, 1.82) is 0 Å². The predicted octanol–water partition coefficient (Wildman–Crippen LogP) is -7.92. The van der Waals surface area contributed by atoms with Gasteiger partial charge in [-0.1, -0.05) is 0 Å². The van der Waals surface area contributed by atoms with Crippen molar-refractivity contribution < 1.29 is 110 Å². The summed E-state index contributed by atoms with van der Waals surface area (Å²) in [5.41, 5.74) is 0. The summed E-state index contributed by atoms with van der Waals surface area (Å²) in [4.78, 5) is 36.4. The van der Waals surface area contributed by atoms with Gasteiger partial charge in [0, 0.05) is 0 Å². The second-order valence-electron chi connectivity index (χ2n) is 1.22. The van der Waals surface area contributed by atoms with Gasteiger partial charge in [-0.05, 0) is 0 Å². The van der Waals surface area contributed by atoms with Crippen LogP contribution in [0.25, 0.3) is 0 Å². The van der Waals surface area contributed by atoms with Crippen LogP contribution < -0.4 is 59.1 Å². The SMILES string of the molecule is O=C(O)C(=O)O.O=C(O)C(=O)O.[Ca+2].[Ca+2].[H-].[H-].[H-].[H-].[H-].[H-].[H-].[H-].[Na+].[Na+].[Sr+2]. The molecule has 0 bridgehead atoms. The van der Waals surface area contributed by atoms with Gasteiger partial charge in [0.05, 0.1) is 0 Å². The Bertz CT molecular complexity index is 212. The van der Waals surface area contributed by atoms with E-state index in [-0.39, 0.29) is 191 Å². The van der Waals surface area contributed by atoms with Crippen LogP contribution in [0.3, 0.4) is 0 Å². The Morgan fingerprint density at radius 2 is 0.647 bits per heavy atom. The number of hydrogen-bond donors (Lipinski definition) is 4. The fourth-order valence-electron chi connectivity index (χ4n) is 0. The average Bonchev–Trinajstić information content (AvgIpc) is 1.88. The monoisotopic (exact) mass is 402 g/mol. The molecule has 0 rings (SSSR count). The predicted molar refractivity (Wildman–Crippen MR) is 56.7 cm³/mol. The van der Waals surface area contributed by atoms with Crippen molar-refractivity contribution in [3.05, 3.63) is 0 Å². The Labute approximate surface area is 249 Å². The van der Waals surface area contributed by atoms with Crippen molar-refractivity contribution in [2.45, 2.75) is 0 Å². The van der Waals surface area contributed by atoms with E-state index in [4.69, 9.17) is 39.6 Å². The molecule has 17 heavy (non-hydrogen) atoms. The van der Waals surface area contributed by atoms with Crippen molar-refractivity contribution in [2.75, 3.05) is 0 Å². The number of rotatable bonds is 0. The van der Waals surface area contributed by atoms with Gasteiger partial charge >= 0.3 is 204 Å². The summed E-state index contributed by atoms with van der Waals surface area (Å²) < 4.78 is 0. The van der Waals surface area contributed by atoms with E-state index in [1.54, 1.807) is 0 Å². The van der Waals surface area contributed by atoms with Crippen molar-refractivity contribution >= 4 is 145 Å². The van der Waals surface area contributed by atoms with Crippen molar-refractivity contribution in [2.24, 2.45) is 0 Å². The molecule has 0 fully saturated rings. The number of aliphatic carboxylic acids is 4. The van der Waals surface area contributed by atoms with E-state index in [0.29, 0.717) is 0 Å². The number of hydrogen-bond acceptors (Lipinski definition) is 4. The second-order valence-corrected chi connectivity index (χ2v) is 1.22. The standard InChI is InChI=1S/2C2H2O4.2Ca.2Na.Sr.8H/c2*3-1(4)2(5)6;;;;;;;;;;;;;/h2*(H,3,4)(H,5,6);;;;;;;;;;;;;/q;;2*+2;2*+1;+2;8*-1. The van der Waals surface area contributed by atoms with Crippen LogP contribution in [0.2, 0.25) is 0 Å². The number of carboxylic acid groups (broad SMARTS) is 4. The van der Waals surface area contributed by atoms with Gasteiger partial charge in [-0.2, -0.15) is 0 Å². The first-order chi connectivity index (χ1) is 5.29. The Morgan fingerprint density at radius 3 is 0.647 bits per heavy atom. The molecule has 0 aliphatic rings. The van der Waals surface area contributed by atoms with Crippen LogP contribution >= 0.6 is 0 Å². The van der Waals surface area contributed by atoms with Gasteiger partial charge in [-0.3, -0.25) is 0 Å². The minimum absolute atomic E-state index is 0. The fourth-order valence-corrected chi connectivity index (χ4v) is 0. The molecule has 0 atom stereocenters. The summed E-state index contributed by atoms with van der Waals surface area (Å²) in [6.45, 7) is 0. The van der Waals surface area contributed by atoms with Gasteiger partial charge in [0.25, 0.3) is 0 Å². The summed E-state index contributed by atoms with van der Waals surface area (Å²) in [6, 6.07) is 0. The topological polar surface area (TPSA) is 149 Å². The molecule has 0 aliphatic heterocycles. The molecule has 0 aromatic rings. The first-order valence-corrected chi connectivity index (χ1v) is 2.21. The van der Waals surface area contributed by atoms with E-state index in [1.807, 2.05) is 0 Å². The summed E-state index contributed by atoms with van der Waals surface area (Å²) >= 11 is 0.